The molecule has 0 aromatic heterocycles. The van der Waals surface area contributed by atoms with E-state index in [9.17, 15) is 5.11 Å². The number of likely N-dealkylation sites (N-methyl/N-ethyl adjacent to an activating group) is 1. The molecule has 3 nitrogen and oxygen atoms in total. The van der Waals surface area contributed by atoms with Gasteiger partial charge in [-0.05, 0) is 45.1 Å². The summed E-state index contributed by atoms with van der Waals surface area (Å²) in [6.07, 6.45) is 0.756. The van der Waals surface area contributed by atoms with Crippen LogP contribution in [-0.4, -0.2) is 43.7 Å². The number of aliphatic hydroxyl groups excluding tert-OH is 1. The van der Waals surface area contributed by atoms with Crippen LogP contribution in [0.1, 0.15) is 31.9 Å². The smallest absolute Gasteiger partial charge is 0.0761 e. The Hall–Kier alpha value is -1.06. The van der Waals surface area contributed by atoms with Crippen molar-refractivity contribution in [1.82, 2.24) is 4.90 Å². The molecule has 0 aliphatic heterocycles. The second kappa shape index (κ2) is 7.39. The number of aliphatic hydroxyl groups is 1. The van der Waals surface area contributed by atoms with Gasteiger partial charge in [-0.2, -0.15) is 0 Å². The normalized spacial score (nSPS) is 12.8. The van der Waals surface area contributed by atoms with Gasteiger partial charge in [0.25, 0.3) is 0 Å². The van der Waals surface area contributed by atoms with Crippen molar-refractivity contribution in [3.05, 3.63) is 29.8 Å². The van der Waals surface area contributed by atoms with Crippen LogP contribution in [0, 0.1) is 0 Å². The monoisotopic (exact) mass is 250 g/mol. The van der Waals surface area contributed by atoms with E-state index in [0.717, 1.165) is 31.6 Å². The van der Waals surface area contributed by atoms with Gasteiger partial charge in [0.1, 0.15) is 0 Å². The van der Waals surface area contributed by atoms with Crippen LogP contribution in [0.25, 0.3) is 0 Å². The molecule has 0 aliphatic carbocycles. The number of rotatable bonds is 7. The molecule has 0 radical (unpaired) electrons. The van der Waals surface area contributed by atoms with Crippen molar-refractivity contribution < 1.29 is 5.11 Å². The summed E-state index contributed by atoms with van der Waals surface area (Å²) in [7, 11) is 4.20. The van der Waals surface area contributed by atoms with Crippen LogP contribution in [-0.2, 0) is 0 Å². The Morgan fingerprint density at radius 2 is 1.67 bits per heavy atom. The second-order valence-electron chi connectivity index (χ2n) is 5.06. The first kappa shape index (κ1) is 15.0. The first-order chi connectivity index (χ1) is 8.54. The maximum Gasteiger partial charge on any atom is 0.0761 e. The van der Waals surface area contributed by atoms with Crippen LogP contribution in [0.3, 0.4) is 0 Å². The van der Waals surface area contributed by atoms with Gasteiger partial charge in [-0.3, -0.25) is 0 Å². The molecule has 1 atom stereocenters. The maximum atomic E-state index is 9.51. The summed E-state index contributed by atoms with van der Waals surface area (Å²) in [5.74, 6) is 0. The first-order valence-electron chi connectivity index (χ1n) is 6.72. The first-order valence-corrected chi connectivity index (χ1v) is 6.72. The molecule has 1 N–H and O–H groups in total. The van der Waals surface area contributed by atoms with E-state index in [1.165, 1.54) is 5.69 Å². The van der Waals surface area contributed by atoms with Crippen LogP contribution in [0.15, 0.2) is 24.3 Å². The highest BCUT2D eigenvalue weighted by atomic mass is 16.3. The Balaban J connectivity index is 2.72. The average molecular weight is 250 g/mol. The number of benzene rings is 1. The molecule has 0 spiro atoms. The van der Waals surface area contributed by atoms with Crippen molar-refractivity contribution in [2.24, 2.45) is 0 Å². The fourth-order valence-corrected chi connectivity index (χ4v) is 1.92. The fraction of sp³-hybridized carbons (Fsp3) is 0.600. The van der Waals surface area contributed by atoms with Gasteiger partial charge < -0.3 is 14.9 Å². The summed E-state index contributed by atoms with van der Waals surface area (Å²) in [5.41, 5.74) is 2.21. The van der Waals surface area contributed by atoms with E-state index in [1.54, 1.807) is 6.92 Å². The summed E-state index contributed by atoms with van der Waals surface area (Å²) in [4.78, 5) is 4.60. The van der Waals surface area contributed by atoms with E-state index >= 15 is 0 Å². The highest BCUT2D eigenvalue weighted by molar-refractivity contribution is 5.47. The summed E-state index contributed by atoms with van der Waals surface area (Å²) < 4.78 is 0. The highest BCUT2D eigenvalue weighted by Gasteiger charge is 2.07. The van der Waals surface area contributed by atoms with Gasteiger partial charge in [0, 0.05) is 25.3 Å². The van der Waals surface area contributed by atoms with Crippen molar-refractivity contribution in [2.45, 2.75) is 26.4 Å². The zero-order chi connectivity index (χ0) is 13.5. The standard InChI is InChI=1S/C15H26N2O/c1-5-10-17(12-11-16(3)4)15-8-6-14(7-9-15)13(2)18/h6-9,13,18H,5,10-12H2,1-4H3/t13-/m1/s1. The van der Waals surface area contributed by atoms with Gasteiger partial charge in [-0.1, -0.05) is 19.1 Å². The van der Waals surface area contributed by atoms with Gasteiger partial charge in [0.05, 0.1) is 6.10 Å². The molecule has 0 saturated heterocycles. The van der Waals surface area contributed by atoms with Crippen LogP contribution in [0.2, 0.25) is 0 Å². The topological polar surface area (TPSA) is 26.7 Å². The minimum Gasteiger partial charge on any atom is -0.389 e. The molecule has 3 heteroatoms. The minimum atomic E-state index is -0.388. The van der Waals surface area contributed by atoms with Gasteiger partial charge in [-0.25, -0.2) is 0 Å². The van der Waals surface area contributed by atoms with Crippen molar-refractivity contribution in [3.8, 4) is 0 Å². The van der Waals surface area contributed by atoms with Crippen molar-refractivity contribution in [1.29, 1.82) is 0 Å². The Kier molecular flexibility index (Phi) is 6.16. The lowest BCUT2D eigenvalue weighted by Gasteiger charge is -2.26. The summed E-state index contributed by atoms with van der Waals surface area (Å²) in [6.45, 7) is 7.16. The maximum absolute atomic E-state index is 9.51. The Morgan fingerprint density at radius 3 is 2.11 bits per heavy atom. The molecule has 1 aromatic carbocycles. The molecule has 0 fully saturated rings. The molecule has 0 heterocycles. The molecule has 1 aromatic rings. The predicted molar refractivity (Wildman–Crippen MR) is 78.1 cm³/mol. The molecular weight excluding hydrogens is 224 g/mol. The molecule has 18 heavy (non-hydrogen) atoms. The Morgan fingerprint density at radius 1 is 1.06 bits per heavy atom. The van der Waals surface area contributed by atoms with Gasteiger partial charge in [-0.15, -0.1) is 0 Å². The number of hydrogen-bond acceptors (Lipinski definition) is 3. The fourth-order valence-electron chi connectivity index (χ4n) is 1.92. The molecule has 0 aliphatic rings. The van der Waals surface area contributed by atoms with E-state index in [4.69, 9.17) is 0 Å². The van der Waals surface area contributed by atoms with E-state index in [2.05, 4.69) is 43.0 Å². The minimum absolute atomic E-state index is 0.388. The van der Waals surface area contributed by atoms with Gasteiger partial charge >= 0.3 is 0 Å². The predicted octanol–water partition coefficient (Wildman–Crippen LogP) is 2.52. The molecule has 0 amide bonds. The quantitative estimate of drug-likeness (QED) is 0.805. The molecular formula is C15H26N2O. The summed E-state index contributed by atoms with van der Waals surface area (Å²) in [6, 6.07) is 8.23. The third-order valence-electron chi connectivity index (χ3n) is 3.05. The third-order valence-corrected chi connectivity index (χ3v) is 3.05. The Bertz CT molecular complexity index is 333. The summed E-state index contributed by atoms with van der Waals surface area (Å²) in [5, 5.41) is 9.51. The second-order valence-corrected chi connectivity index (χ2v) is 5.06. The number of hydrogen-bond donors (Lipinski definition) is 1. The van der Waals surface area contributed by atoms with Crippen molar-refractivity contribution >= 4 is 5.69 Å². The van der Waals surface area contributed by atoms with Crippen molar-refractivity contribution in [2.75, 3.05) is 38.6 Å². The largest absolute Gasteiger partial charge is 0.389 e. The molecule has 0 unspecified atom stereocenters. The summed E-state index contributed by atoms with van der Waals surface area (Å²) >= 11 is 0. The average Bonchev–Trinajstić information content (AvgIpc) is 2.34. The molecule has 102 valence electrons. The Labute approximate surface area is 111 Å². The van der Waals surface area contributed by atoms with E-state index in [0.29, 0.717) is 0 Å². The third kappa shape index (κ3) is 4.67. The van der Waals surface area contributed by atoms with Crippen LogP contribution in [0.5, 0.6) is 0 Å². The lowest BCUT2D eigenvalue weighted by Crippen LogP contribution is -2.32. The van der Waals surface area contributed by atoms with E-state index in [-0.39, 0.29) is 6.10 Å². The van der Waals surface area contributed by atoms with Crippen LogP contribution in [0.4, 0.5) is 5.69 Å². The van der Waals surface area contributed by atoms with E-state index in [1.807, 2.05) is 12.1 Å². The van der Waals surface area contributed by atoms with E-state index < -0.39 is 0 Å². The zero-order valence-electron chi connectivity index (χ0n) is 12.1. The zero-order valence-corrected chi connectivity index (χ0v) is 12.1. The lowest BCUT2D eigenvalue weighted by atomic mass is 10.1. The van der Waals surface area contributed by atoms with Crippen LogP contribution < -0.4 is 4.90 Å². The number of anilines is 1. The lowest BCUT2D eigenvalue weighted by molar-refractivity contribution is 0.199. The SMILES string of the molecule is CCCN(CCN(C)C)c1ccc([C@@H](C)O)cc1. The van der Waals surface area contributed by atoms with Crippen molar-refractivity contribution in [3.63, 3.8) is 0 Å². The van der Waals surface area contributed by atoms with Gasteiger partial charge in [0.2, 0.25) is 0 Å². The van der Waals surface area contributed by atoms with Crippen LogP contribution >= 0.6 is 0 Å². The molecule has 0 bridgehead atoms. The molecule has 0 saturated carbocycles. The number of nitrogens with zero attached hydrogens (tertiary/aromatic N) is 2. The van der Waals surface area contributed by atoms with Gasteiger partial charge in [0.15, 0.2) is 0 Å². The molecule has 1 rings (SSSR count). The highest BCUT2D eigenvalue weighted by Crippen LogP contribution is 2.19.